The van der Waals surface area contributed by atoms with E-state index in [0.29, 0.717) is 19.8 Å². The monoisotopic (exact) mass is 293 g/mol. The molecule has 2 aromatic rings. The van der Waals surface area contributed by atoms with E-state index in [0.717, 1.165) is 28.4 Å². The summed E-state index contributed by atoms with van der Waals surface area (Å²) in [7, 11) is 0. The number of thiophene rings is 1. The van der Waals surface area contributed by atoms with E-state index in [1.807, 2.05) is 0 Å². The Kier molecular flexibility index (Phi) is 3.87. The van der Waals surface area contributed by atoms with Gasteiger partial charge in [0, 0.05) is 11.4 Å². The Morgan fingerprint density at radius 3 is 2.85 bits per heavy atom. The third kappa shape index (κ3) is 2.39. The predicted molar refractivity (Wildman–Crippen MR) is 80.6 cm³/mol. The highest BCUT2D eigenvalue weighted by atomic mass is 32.1. The molecule has 2 aromatic heterocycles. The normalized spacial score (nSPS) is 19.4. The number of hydrogen-bond donors (Lipinski definition) is 1. The van der Waals surface area contributed by atoms with Crippen LogP contribution in [0.3, 0.4) is 0 Å². The third-order valence-electron chi connectivity index (χ3n) is 3.49. The molecule has 0 amide bonds. The lowest BCUT2D eigenvalue weighted by atomic mass is 10.2. The van der Waals surface area contributed by atoms with Crippen LogP contribution in [0.1, 0.15) is 29.3 Å². The Hall–Kier alpha value is -1.24. The third-order valence-corrected chi connectivity index (χ3v) is 4.60. The number of nitrogens with one attached hydrogen (secondary N) is 1. The topological polar surface area (TPSA) is 56.3 Å². The largest absolute Gasteiger partial charge is 0.376 e. The zero-order chi connectivity index (χ0) is 14.1. The van der Waals surface area contributed by atoms with E-state index in [1.165, 1.54) is 10.4 Å². The second-order valence-electron chi connectivity index (χ2n) is 4.86. The highest BCUT2D eigenvalue weighted by Crippen LogP contribution is 2.34. The molecular weight excluding hydrogens is 274 g/mol. The van der Waals surface area contributed by atoms with Crippen molar-refractivity contribution in [3.63, 3.8) is 0 Å². The molecule has 0 saturated carbocycles. The summed E-state index contributed by atoms with van der Waals surface area (Å²) in [6.07, 6.45) is -0.159. The van der Waals surface area contributed by atoms with E-state index in [4.69, 9.17) is 9.47 Å². The maximum Gasteiger partial charge on any atom is 0.163 e. The summed E-state index contributed by atoms with van der Waals surface area (Å²) in [6, 6.07) is 0. The number of rotatable bonds is 3. The zero-order valence-corrected chi connectivity index (χ0v) is 12.8. The summed E-state index contributed by atoms with van der Waals surface area (Å²) in [5.74, 6) is 1.62. The summed E-state index contributed by atoms with van der Waals surface area (Å²) >= 11 is 1.71. The maximum atomic E-state index is 5.71. The Bertz CT molecular complexity index is 620. The molecule has 0 aliphatic carbocycles. The molecule has 0 radical (unpaired) electrons. The molecule has 3 heterocycles. The van der Waals surface area contributed by atoms with Crippen molar-refractivity contribution >= 4 is 27.4 Å². The first-order chi connectivity index (χ1) is 9.70. The molecular formula is C14H19N3O2S. The van der Waals surface area contributed by atoms with Crippen molar-refractivity contribution in [1.82, 2.24) is 9.97 Å². The molecule has 0 spiro atoms. The van der Waals surface area contributed by atoms with Gasteiger partial charge in [-0.15, -0.1) is 11.3 Å². The highest BCUT2D eigenvalue weighted by molar-refractivity contribution is 7.18. The lowest BCUT2D eigenvalue weighted by Crippen LogP contribution is -2.24. The summed E-state index contributed by atoms with van der Waals surface area (Å²) in [5, 5.41) is 4.48. The van der Waals surface area contributed by atoms with E-state index in [-0.39, 0.29) is 6.10 Å². The van der Waals surface area contributed by atoms with Gasteiger partial charge in [-0.2, -0.15) is 0 Å². The zero-order valence-electron chi connectivity index (χ0n) is 12.0. The average molecular weight is 293 g/mol. The fourth-order valence-electron chi connectivity index (χ4n) is 2.34. The molecule has 1 atom stereocenters. The molecule has 1 aliphatic heterocycles. The van der Waals surface area contributed by atoms with E-state index in [1.54, 1.807) is 11.3 Å². The summed E-state index contributed by atoms with van der Waals surface area (Å²) in [6.45, 7) is 8.93. The van der Waals surface area contributed by atoms with E-state index < -0.39 is 0 Å². The summed E-state index contributed by atoms with van der Waals surface area (Å²) in [5.41, 5.74) is 1.26. The van der Waals surface area contributed by atoms with Gasteiger partial charge in [-0.3, -0.25) is 0 Å². The minimum absolute atomic E-state index is 0.159. The Balaban J connectivity index is 2.10. The lowest BCUT2D eigenvalue weighted by molar-refractivity contribution is -0.0933. The second kappa shape index (κ2) is 5.63. The SMILES string of the molecule is CCNc1nc(C2COCCO2)nc2sc(C)c(C)c12. The van der Waals surface area contributed by atoms with Gasteiger partial charge in [0.2, 0.25) is 0 Å². The van der Waals surface area contributed by atoms with Gasteiger partial charge in [0.05, 0.1) is 25.2 Å². The number of hydrogen-bond acceptors (Lipinski definition) is 6. The Labute approximate surface area is 122 Å². The molecule has 0 aromatic carbocycles. The first kappa shape index (κ1) is 13.7. The van der Waals surface area contributed by atoms with Crippen LogP contribution in [0.15, 0.2) is 0 Å². The number of anilines is 1. The van der Waals surface area contributed by atoms with Crippen molar-refractivity contribution < 1.29 is 9.47 Å². The van der Waals surface area contributed by atoms with E-state index in [9.17, 15) is 0 Å². The van der Waals surface area contributed by atoms with Crippen molar-refractivity contribution in [2.45, 2.75) is 26.9 Å². The van der Waals surface area contributed by atoms with Gasteiger partial charge in [0.25, 0.3) is 0 Å². The Morgan fingerprint density at radius 1 is 1.30 bits per heavy atom. The average Bonchev–Trinajstić information content (AvgIpc) is 2.75. The molecule has 1 saturated heterocycles. The number of fused-ring (bicyclic) bond motifs is 1. The summed E-state index contributed by atoms with van der Waals surface area (Å²) in [4.78, 5) is 11.7. The van der Waals surface area contributed by atoms with Crippen molar-refractivity contribution in [2.75, 3.05) is 31.7 Å². The molecule has 3 rings (SSSR count). The fourth-order valence-corrected chi connectivity index (χ4v) is 3.38. The fraction of sp³-hybridized carbons (Fsp3) is 0.571. The predicted octanol–water partition coefficient (Wildman–Crippen LogP) is 2.83. The van der Waals surface area contributed by atoms with Gasteiger partial charge in [0.15, 0.2) is 5.82 Å². The van der Waals surface area contributed by atoms with Crippen LogP contribution in [0, 0.1) is 13.8 Å². The van der Waals surface area contributed by atoms with Gasteiger partial charge in [0.1, 0.15) is 16.8 Å². The van der Waals surface area contributed by atoms with Crippen molar-refractivity contribution in [3.8, 4) is 0 Å². The van der Waals surface area contributed by atoms with Gasteiger partial charge in [-0.25, -0.2) is 9.97 Å². The van der Waals surface area contributed by atoms with Crippen molar-refractivity contribution in [2.24, 2.45) is 0 Å². The molecule has 1 fully saturated rings. The number of nitrogens with zero attached hydrogens (tertiary/aromatic N) is 2. The summed E-state index contributed by atoms with van der Waals surface area (Å²) < 4.78 is 11.2. The van der Waals surface area contributed by atoms with Gasteiger partial charge >= 0.3 is 0 Å². The van der Waals surface area contributed by atoms with Gasteiger partial charge in [-0.05, 0) is 26.3 Å². The first-order valence-electron chi connectivity index (χ1n) is 6.91. The smallest absolute Gasteiger partial charge is 0.163 e. The van der Waals surface area contributed by atoms with Crippen LogP contribution >= 0.6 is 11.3 Å². The van der Waals surface area contributed by atoms with Crippen molar-refractivity contribution in [1.29, 1.82) is 0 Å². The maximum absolute atomic E-state index is 5.71. The standard InChI is InChI=1S/C14H19N3O2S/c1-4-15-13-11-8(2)9(3)20-14(11)17-12(16-13)10-7-18-5-6-19-10/h10H,4-7H2,1-3H3,(H,15,16,17). The first-order valence-corrected chi connectivity index (χ1v) is 7.73. The quantitative estimate of drug-likeness (QED) is 0.943. The molecule has 1 unspecified atom stereocenters. The lowest BCUT2D eigenvalue weighted by Gasteiger charge is -2.22. The molecule has 5 nitrogen and oxygen atoms in total. The molecule has 6 heteroatoms. The molecule has 108 valence electrons. The Morgan fingerprint density at radius 2 is 2.15 bits per heavy atom. The molecule has 1 N–H and O–H groups in total. The number of ether oxygens (including phenoxy) is 2. The minimum Gasteiger partial charge on any atom is -0.376 e. The highest BCUT2D eigenvalue weighted by Gasteiger charge is 2.22. The molecule has 20 heavy (non-hydrogen) atoms. The van der Waals surface area contributed by atoms with Crippen LogP contribution in [0.5, 0.6) is 0 Å². The van der Waals surface area contributed by atoms with Crippen LogP contribution < -0.4 is 5.32 Å². The van der Waals surface area contributed by atoms with E-state index >= 15 is 0 Å². The number of aromatic nitrogens is 2. The van der Waals surface area contributed by atoms with Crippen LogP contribution in [0.2, 0.25) is 0 Å². The van der Waals surface area contributed by atoms with Crippen LogP contribution in [0.4, 0.5) is 5.82 Å². The van der Waals surface area contributed by atoms with Crippen LogP contribution in [0.25, 0.3) is 10.2 Å². The van der Waals surface area contributed by atoms with Crippen LogP contribution in [-0.4, -0.2) is 36.3 Å². The van der Waals surface area contributed by atoms with Crippen LogP contribution in [-0.2, 0) is 9.47 Å². The number of aryl methyl sites for hydroxylation is 2. The van der Waals surface area contributed by atoms with Gasteiger partial charge < -0.3 is 14.8 Å². The van der Waals surface area contributed by atoms with Gasteiger partial charge in [-0.1, -0.05) is 0 Å². The second-order valence-corrected chi connectivity index (χ2v) is 6.06. The minimum atomic E-state index is -0.159. The van der Waals surface area contributed by atoms with Crippen molar-refractivity contribution in [3.05, 3.63) is 16.3 Å². The molecule has 0 bridgehead atoms. The van der Waals surface area contributed by atoms with E-state index in [2.05, 4.69) is 36.1 Å². The molecule has 1 aliphatic rings.